The lowest BCUT2D eigenvalue weighted by Gasteiger charge is -2.10. The van der Waals surface area contributed by atoms with Crippen LogP contribution in [0.2, 0.25) is 0 Å². The first-order valence-electron chi connectivity index (χ1n) is 5.44. The summed E-state index contributed by atoms with van der Waals surface area (Å²) in [5.74, 6) is -0.357. The van der Waals surface area contributed by atoms with E-state index in [9.17, 15) is 31.7 Å². The minimum absolute atomic E-state index is 0.134. The fraction of sp³-hybridized carbons (Fsp3) is 0.400. The SMILES string of the molecule is CS(=O)(=O)c1cccc(NCCSC(F)(F)F)c1[N+](=O)[O-]. The van der Waals surface area contributed by atoms with Crippen molar-refractivity contribution in [2.24, 2.45) is 0 Å². The lowest BCUT2D eigenvalue weighted by atomic mass is 10.2. The number of rotatable bonds is 6. The molecule has 0 radical (unpaired) electrons. The summed E-state index contributed by atoms with van der Waals surface area (Å²) in [6.07, 6.45) is 0.818. The van der Waals surface area contributed by atoms with Gasteiger partial charge in [0, 0.05) is 18.6 Å². The van der Waals surface area contributed by atoms with E-state index in [1.807, 2.05) is 0 Å². The monoisotopic (exact) mass is 344 g/mol. The van der Waals surface area contributed by atoms with Crippen LogP contribution >= 0.6 is 11.8 Å². The molecule has 11 heteroatoms. The summed E-state index contributed by atoms with van der Waals surface area (Å²) in [6.45, 7) is -0.196. The molecule has 0 saturated heterocycles. The van der Waals surface area contributed by atoms with Gasteiger partial charge in [0.25, 0.3) is 0 Å². The molecule has 0 aliphatic heterocycles. The molecule has 1 aromatic carbocycles. The Morgan fingerprint density at radius 1 is 1.38 bits per heavy atom. The third-order valence-electron chi connectivity index (χ3n) is 2.26. The van der Waals surface area contributed by atoms with Crippen LogP contribution in [0.5, 0.6) is 0 Å². The lowest BCUT2D eigenvalue weighted by Crippen LogP contribution is -2.12. The Bertz CT molecular complexity index is 632. The molecule has 6 nitrogen and oxygen atoms in total. The quantitative estimate of drug-likeness (QED) is 0.485. The number of alkyl halides is 3. The molecule has 1 rings (SSSR count). The molecule has 0 fully saturated rings. The van der Waals surface area contributed by atoms with Gasteiger partial charge in [-0.25, -0.2) is 8.42 Å². The van der Waals surface area contributed by atoms with Crippen LogP contribution in [-0.4, -0.2) is 37.4 Å². The van der Waals surface area contributed by atoms with Gasteiger partial charge in [0.05, 0.1) is 4.92 Å². The first-order chi connectivity index (χ1) is 9.52. The molecule has 0 atom stereocenters. The number of hydrogen-bond donors (Lipinski definition) is 1. The number of nitrogens with one attached hydrogen (secondary N) is 1. The second-order valence-corrected chi connectivity index (χ2v) is 7.05. The van der Waals surface area contributed by atoms with Crippen LogP contribution in [0.15, 0.2) is 23.1 Å². The van der Waals surface area contributed by atoms with Gasteiger partial charge < -0.3 is 5.32 Å². The summed E-state index contributed by atoms with van der Waals surface area (Å²) in [6, 6.07) is 3.59. The maximum Gasteiger partial charge on any atom is 0.441 e. The summed E-state index contributed by atoms with van der Waals surface area (Å²) < 4.78 is 58.8. The van der Waals surface area contributed by atoms with E-state index in [1.165, 1.54) is 12.1 Å². The predicted octanol–water partition coefficient (Wildman–Crippen LogP) is 2.66. The zero-order valence-corrected chi connectivity index (χ0v) is 12.3. The fourth-order valence-electron chi connectivity index (χ4n) is 1.50. The molecule has 0 spiro atoms. The highest BCUT2D eigenvalue weighted by atomic mass is 32.2. The van der Waals surface area contributed by atoms with Crippen LogP contribution in [0, 0.1) is 10.1 Å². The van der Waals surface area contributed by atoms with Gasteiger partial charge >= 0.3 is 11.2 Å². The summed E-state index contributed by atoms with van der Waals surface area (Å²) in [4.78, 5) is 9.63. The van der Waals surface area contributed by atoms with Gasteiger partial charge in [-0.3, -0.25) is 10.1 Å². The zero-order chi connectivity index (χ0) is 16.3. The number of halogens is 3. The molecule has 0 heterocycles. The van der Waals surface area contributed by atoms with E-state index in [-0.39, 0.29) is 29.7 Å². The number of thioether (sulfide) groups is 1. The summed E-state index contributed by atoms with van der Waals surface area (Å²) in [5, 5.41) is 13.4. The second-order valence-electron chi connectivity index (χ2n) is 3.90. The van der Waals surface area contributed by atoms with Crippen molar-refractivity contribution in [2.75, 3.05) is 23.9 Å². The Balaban J connectivity index is 2.96. The number of sulfone groups is 1. The Kier molecular flexibility index (Phi) is 5.45. The van der Waals surface area contributed by atoms with E-state index in [0.29, 0.717) is 0 Å². The predicted molar refractivity (Wildman–Crippen MR) is 73.2 cm³/mol. The van der Waals surface area contributed by atoms with Crippen LogP contribution in [-0.2, 0) is 9.84 Å². The number of anilines is 1. The van der Waals surface area contributed by atoms with Crippen LogP contribution in [0.4, 0.5) is 24.5 Å². The van der Waals surface area contributed by atoms with Crippen molar-refractivity contribution in [3.8, 4) is 0 Å². The average molecular weight is 344 g/mol. The topological polar surface area (TPSA) is 89.3 Å². The average Bonchev–Trinajstić information content (AvgIpc) is 2.31. The highest BCUT2D eigenvalue weighted by Crippen LogP contribution is 2.33. The van der Waals surface area contributed by atoms with Gasteiger partial charge in [0.15, 0.2) is 9.84 Å². The van der Waals surface area contributed by atoms with Crippen molar-refractivity contribution in [1.29, 1.82) is 0 Å². The fourth-order valence-corrected chi connectivity index (χ4v) is 2.80. The molecule has 0 saturated carbocycles. The van der Waals surface area contributed by atoms with Crippen molar-refractivity contribution < 1.29 is 26.5 Å². The van der Waals surface area contributed by atoms with Gasteiger partial charge in [-0.05, 0) is 23.9 Å². The molecule has 0 bridgehead atoms. The minimum atomic E-state index is -4.39. The number of hydrogen-bond acceptors (Lipinski definition) is 6. The minimum Gasteiger partial charge on any atom is -0.379 e. The van der Waals surface area contributed by atoms with Crippen molar-refractivity contribution in [3.63, 3.8) is 0 Å². The second kappa shape index (κ2) is 6.52. The lowest BCUT2D eigenvalue weighted by molar-refractivity contribution is -0.386. The first-order valence-corrected chi connectivity index (χ1v) is 8.32. The highest BCUT2D eigenvalue weighted by molar-refractivity contribution is 8.00. The smallest absolute Gasteiger partial charge is 0.379 e. The Morgan fingerprint density at radius 3 is 2.48 bits per heavy atom. The van der Waals surface area contributed by atoms with Crippen LogP contribution in [0.25, 0.3) is 0 Å². The molecule has 118 valence electrons. The summed E-state index contributed by atoms with van der Waals surface area (Å²) in [5.41, 5.74) is -5.19. The Labute approximate surface area is 122 Å². The van der Waals surface area contributed by atoms with E-state index >= 15 is 0 Å². The van der Waals surface area contributed by atoms with Crippen molar-refractivity contribution in [1.82, 2.24) is 0 Å². The van der Waals surface area contributed by atoms with Crippen LogP contribution in [0.1, 0.15) is 0 Å². The number of nitrogens with zero attached hydrogens (tertiary/aromatic N) is 1. The van der Waals surface area contributed by atoms with Crippen LogP contribution in [0.3, 0.4) is 0 Å². The largest absolute Gasteiger partial charge is 0.441 e. The molecule has 1 aromatic rings. The maximum atomic E-state index is 12.0. The molecular weight excluding hydrogens is 333 g/mol. The molecular formula is C10H11F3N2O4S2. The third-order valence-corrected chi connectivity index (χ3v) is 4.13. The van der Waals surface area contributed by atoms with Gasteiger partial charge in [-0.15, -0.1) is 0 Å². The van der Waals surface area contributed by atoms with Gasteiger partial charge in [0.2, 0.25) is 0 Å². The summed E-state index contributed by atoms with van der Waals surface area (Å²) in [7, 11) is -3.82. The highest BCUT2D eigenvalue weighted by Gasteiger charge is 2.28. The van der Waals surface area contributed by atoms with Crippen molar-refractivity contribution in [3.05, 3.63) is 28.3 Å². The van der Waals surface area contributed by atoms with E-state index in [0.717, 1.165) is 12.3 Å². The molecule has 1 N–H and O–H groups in total. The molecule has 0 unspecified atom stereocenters. The van der Waals surface area contributed by atoms with Crippen molar-refractivity contribution >= 4 is 33.0 Å². The standard InChI is InChI=1S/C10H11F3N2O4S2/c1-21(18,19)8-4-2-3-7(9(8)15(16)17)14-5-6-20-10(11,12)13/h2-4,14H,5-6H2,1H3. The molecule has 0 aromatic heterocycles. The first kappa shape index (κ1) is 17.6. The molecule has 0 aliphatic rings. The van der Waals surface area contributed by atoms with E-state index < -0.39 is 30.9 Å². The van der Waals surface area contributed by atoms with Crippen LogP contribution < -0.4 is 5.32 Å². The molecule has 21 heavy (non-hydrogen) atoms. The number of benzene rings is 1. The normalized spacial score (nSPS) is 12.2. The van der Waals surface area contributed by atoms with Gasteiger partial charge in [0.1, 0.15) is 10.6 Å². The Hall–Kier alpha value is -1.49. The number of nitro groups is 1. The number of para-hydroxylation sites is 1. The Morgan fingerprint density at radius 2 is 2.00 bits per heavy atom. The molecule has 0 aliphatic carbocycles. The van der Waals surface area contributed by atoms with Crippen molar-refractivity contribution in [2.45, 2.75) is 10.4 Å². The third kappa shape index (κ3) is 5.42. The zero-order valence-electron chi connectivity index (χ0n) is 10.7. The van der Waals surface area contributed by atoms with E-state index in [4.69, 9.17) is 0 Å². The summed E-state index contributed by atoms with van der Waals surface area (Å²) >= 11 is -0.274. The van der Waals surface area contributed by atoms with Gasteiger partial charge in [-0.2, -0.15) is 13.2 Å². The molecule has 0 amide bonds. The van der Waals surface area contributed by atoms with Gasteiger partial charge in [-0.1, -0.05) is 6.07 Å². The van der Waals surface area contributed by atoms with E-state index in [1.54, 1.807) is 0 Å². The maximum absolute atomic E-state index is 12.0. The number of nitro benzene ring substituents is 1. The van der Waals surface area contributed by atoms with E-state index in [2.05, 4.69) is 5.32 Å².